The second kappa shape index (κ2) is 7.36. The predicted molar refractivity (Wildman–Crippen MR) is 101 cm³/mol. The van der Waals surface area contributed by atoms with Crippen molar-refractivity contribution in [3.63, 3.8) is 0 Å². The summed E-state index contributed by atoms with van der Waals surface area (Å²) < 4.78 is 0. The van der Waals surface area contributed by atoms with Gasteiger partial charge >= 0.3 is 0 Å². The van der Waals surface area contributed by atoms with E-state index in [2.05, 4.69) is 10.3 Å². The van der Waals surface area contributed by atoms with Crippen LogP contribution in [0.2, 0.25) is 0 Å². The summed E-state index contributed by atoms with van der Waals surface area (Å²) in [5.74, 6) is 1.14. The van der Waals surface area contributed by atoms with Crippen LogP contribution in [0.3, 0.4) is 0 Å². The zero-order valence-electron chi connectivity index (χ0n) is 13.3. The Morgan fingerprint density at radius 3 is 2.71 bits per heavy atom. The van der Waals surface area contributed by atoms with Crippen molar-refractivity contribution in [2.24, 2.45) is 0 Å². The van der Waals surface area contributed by atoms with Crippen molar-refractivity contribution in [1.82, 2.24) is 4.98 Å². The molecule has 4 nitrogen and oxygen atoms in total. The van der Waals surface area contributed by atoms with E-state index in [4.69, 9.17) is 0 Å². The predicted octanol–water partition coefficient (Wildman–Crippen LogP) is 3.71. The van der Waals surface area contributed by atoms with Crippen molar-refractivity contribution < 1.29 is 4.79 Å². The van der Waals surface area contributed by atoms with E-state index in [-0.39, 0.29) is 11.5 Å². The summed E-state index contributed by atoms with van der Waals surface area (Å²) in [6.45, 7) is 1.90. The van der Waals surface area contributed by atoms with Gasteiger partial charge in [0.1, 0.15) is 0 Å². The van der Waals surface area contributed by atoms with E-state index in [1.54, 1.807) is 23.9 Å². The van der Waals surface area contributed by atoms with Gasteiger partial charge in [0.05, 0.1) is 11.3 Å². The van der Waals surface area contributed by atoms with Crippen LogP contribution in [0.25, 0.3) is 10.9 Å². The van der Waals surface area contributed by atoms with E-state index in [9.17, 15) is 9.59 Å². The number of aromatic nitrogens is 1. The zero-order valence-corrected chi connectivity index (χ0v) is 14.2. The van der Waals surface area contributed by atoms with E-state index < -0.39 is 0 Å². The number of carbonyl (C=O) groups excluding carboxylic acids is 1. The summed E-state index contributed by atoms with van der Waals surface area (Å²) in [5, 5.41) is 3.86. The average molecular weight is 338 g/mol. The number of aryl methyl sites for hydroxylation is 1. The molecular formula is C19H18N2O2S. The van der Waals surface area contributed by atoms with Crippen LogP contribution < -0.4 is 10.9 Å². The molecule has 1 aromatic heterocycles. The molecule has 0 fully saturated rings. The smallest absolute Gasteiger partial charge is 0.248 e. The molecule has 2 aromatic carbocycles. The number of aromatic amines is 1. The van der Waals surface area contributed by atoms with Crippen LogP contribution in [-0.4, -0.2) is 16.6 Å². The Labute approximate surface area is 144 Å². The second-order valence-corrected chi connectivity index (χ2v) is 6.59. The molecule has 1 heterocycles. The topological polar surface area (TPSA) is 62.0 Å². The van der Waals surface area contributed by atoms with Crippen molar-refractivity contribution in [3.05, 3.63) is 76.1 Å². The largest absolute Gasteiger partial charge is 0.325 e. The number of hydrogen-bond acceptors (Lipinski definition) is 3. The van der Waals surface area contributed by atoms with Crippen molar-refractivity contribution in [3.8, 4) is 0 Å². The number of H-pyrrole nitrogens is 1. The van der Waals surface area contributed by atoms with Gasteiger partial charge in [0.15, 0.2) is 0 Å². The molecule has 1 amide bonds. The van der Waals surface area contributed by atoms with Gasteiger partial charge in [-0.2, -0.15) is 0 Å². The molecule has 5 heteroatoms. The Morgan fingerprint density at radius 2 is 1.92 bits per heavy atom. The number of hydrogen-bond donors (Lipinski definition) is 2. The van der Waals surface area contributed by atoms with Crippen molar-refractivity contribution in [1.29, 1.82) is 0 Å². The number of anilines is 1. The first-order valence-corrected chi connectivity index (χ1v) is 8.82. The first kappa shape index (κ1) is 16.3. The highest BCUT2D eigenvalue weighted by molar-refractivity contribution is 7.99. The molecule has 0 saturated carbocycles. The van der Waals surface area contributed by atoms with Crippen LogP contribution in [0.15, 0.2) is 59.4 Å². The number of nitrogens with one attached hydrogen (secondary N) is 2. The third kappa shape index (κ3) is 4.06. The van der Waals surface area contributed by atoms with Gasteiger partial charge in [-0.3, -0.25) is 9.59 Å². The summed E-state index contributed by atoms with van der Waals surface area (Å²) in [6.07, 6.45) is 0. The summed E-state index contributed by atoms with van der Waals surface area (Å²) >= 11 is 1.57. The molecule has 0 radical (unpaired) electrons. The Kier molecular flexibility index (Phi) is 5.01. The molecule has 0 saturated heterocycles. The van der Waals surface area contributed by atoms with Crippen molar-refractivity contribution >= 4 is 34.3 Å². The van der Waals surface area contributed by atoms with E-state index in [1.165, 1.54) is 5.56 Å². The van der Waals surface area contributed by atoms with Crippen LogP contribution in [0.1, 0.15) is 11.1 Å². The molecule has 0 aliphatic heterocycles. The summed E-state index contributed by atoms with van der Waals surface area (Å²) in [4.78, 5) is 26.4. The van der Waals surface area contributed by atoms with Crippen LogP contribution in [0.5, 0.6) is 0 Å². The molecule has 0 spiro atoms. The van der Waals surface area contributed by atoms with Crippen LogP contribution in [0, 0.1) is 6.92 Å². The van der Waals surface area contributed by atoms with Crippen LogP contribution >= 0.6 is 11.8 Å². The first-order valence-electron chi connectivity index (χ1n) is 7.67. The molecule has 0 aliphatic rings. The lowest BCUT2D eigenvalue weighted by Crippen LogP contribution is -2.14. The Morgan fingerprint density at radius 1 is 1.12 bits per heavy atom. The van der Waals surface area contributed by atoms with Gasteiger partial charge in [0.25, 0.3) is 0 Å². The fourth-order valence-electron chi connectivity index (χ4n) is 2.55. The van der Waals surface area contributed by atoms with Crippen molar-refractivity contribution in [2.75, 3.05) is 11.1 Å². The number of pyridine rings is 1. The summed E-state index contributed by atoms with van der Waals surface area (Å²) in [5.41, 5.74) is 3.41. The number of benzene rings is 2. The fourth-order valence-corrected chi connectivity index (χ4v) is 3.33. The molecule has 0 unspecified atom stereocenters. The molecule has 3 aromatic rings. The van der Waals surface area contributed by atoms with Gasteiger partial charge in [-0.1, -0.05) is 36.4 Å². The third-order valence-corrected chi connectivity index (χ3v) is 4.68. The standard InChI is InChI=1S/C19H18N2O2S/c1-13-9-18(22)21-17-10-15(7-8-16(13)17)20-19(23)12-24-11-14-5-3-2-4-6-14/h2-10H,11-12H2,1H3,(H,20,23)(H,21,22). The number of fused-ring (bicyclic) bond motifs is 1. The quantitative estimate of drug-likeness (QED) is 0.745. The maximum atomic E-state index is 12.1. The maximum Gasteiger partial charge on any atom is 0.248 e. The average Bonchev–Trinajstić information content (AvgIpc) is 2.55. The molecule has 3 rings (SSSR count). The molecule has 2 N–H and O–H groups in total. The normalized spacial score (nSPS) is 10.7. The number of carbonyl (C=O) groups is 1. The lowest BCUT2D eigenvalue weighted by Gasteiger charge is -2.08. The minimum absolute atomic E-state index is 0.0507. The number of thioether (sulfide) groups is 1. The first-order chi connectivity index (χ1) is 11.6. The third-order valence-electron chi connectivity index (χ3n) is 3.68. The second-order valence-electron chi connectivity index (χ2n) is 5.60. The Balaban J connectivity index is 1.62. The molecule has 0 atom stereocenters. The van der Waals surface area contributed by atoms with Gasteiger partial charge in [-0.05, 0) is 30.2 Å². The maximum absolute atomic E-state index is 12.1. The van der Waals surface area contributed by atoms with Crippen LogP contribution in [0.4, 0.5) is 5.69 Å². The minimum Gasteiger partial charge on any atom is -0.325 e. The van der Waals surface area contributed by atoms with E-state index >= 15 is 0 Å². The Hall–Kier alpha value is -2.53. The molecule has 122 valence electrons. The van der Waals surface area contributed by atoms with Crippen molar-refractivity contribution in [2.45, 2.75) is 12.7 Å². The lowest BCUT2D eigenvalue weighted by molar-refractivity contribution is -0.113. The zero-order chi connectivity index (χ0) is 16.9. The highest BCUT2D eigenvalue weighted by atomic mass is 32.2. The molecular weight excluding hydrogens is 320 g/mol. The van der Waals surface area contributed by atoms with Gasteiger partial charge < -0.3 is 10.3 Å². The fraction of sp³-hybridized carbons (Fsp3) is 0.158. The highest BCUT2D eigenvalue weighted by Crippen LogP contribution is 2.19. The lowest BCUT2D eigenvalue weighted by atomic mass is 10.1. The number of amides is 1. The van der Waals surface area contributed by atoms with Gasteiger partial charge in [-0.25, -0.2) is 0 Å². The number of rotatable bonds is 5. The highest BCUT2D eigenvalue weighted by Gasteiger charge is 2.05. The summed E-state index contributed by atoms with van der Waals surface area (Å²) in [6, 6.07) is 17.2. The van der Waals surface area contributed by atoms with E-state index in [0.29, 0.717) is 11.4 Å². The minimum atomic E-state index is -0.137. The monoisotopic (exact) mass is 338 g/mol. The molecule has 24 heavy (non-hydrogen) atoms. The molecule has 0 aliphatic carbocycles. The van der Waals surface area contributed by atoms with Gasteiger partial charge in [0.2, 0.25) is 11.5 Å². The van der Waals surface area contributed by atoms with Gasteiger partial charge in [0, 0.05) is 22.9 Å². The van der Waals surface area contributed by atoms with Gasteiger partial charge in [-0.15, -0.1) is 11.8 Å². The SMILES string of the molecule is Cc1cc(=O)[nH]c2cc(NC(=O)CSCc3ccccc3)ccc12. The van der Waals surface area contributed by atoms with E-state index in [1.807, 2.05) is 49.4 Å². The van der Waals surface area contributed by atoms with Crippen LogP contribution in [-0.2, 0) is 10.5 Å². The Bertz CT molecular complexity index is 920. The molecule has 0 bridgehead atoms. The summed E-state index contributed by atoms with van der Waals surface area (Å²) in [7, 11) is 0. The van der Waals surface area contributed by atoms with E-state index in [0.717, 1.165) is 22.2 Å².